The first-order valence-electron chi connectivity index (χ1n) is 6.04. The molecule has 0 amide bonds. The van der Waals surface area contributed by atoms with Crippen LogP contribution < -0.4 is 5.32 Å². The van der Waals surface area contributed by atoms with Gasteiger partial charge in [0.15, 0.2) is 0 Å². The van der Waals surface area contributed by atoms with Crippen LogP contribution >= 0.6 is 0 Å². The molecule has 0 saturated heterocycles. The van der Waals surface area contributed by atoms with Crippen LogP contribution in [-0.4, -0.2) is 13.6 Å². The van der Waals surface area contributed by atoms with Crippen molar-refractivity contribution in [3.05, 3.63) is 35.9 Å². The third-order valence-corrected chi connectivity index (χ3v) is 2.93. The molecule has 0 aliphatic carbocycles. The second kappa shape index (κ2) is 7.47. The normalized spacial score (nSPS) is 12.7. The van der Waals surface area contributed by atoms with Gasteiger partial charge in [-0.2, -0.15) is 0 Å². The number of benzene rings is 1. The van der Waals surface area contributed by atoms with Gasteiger partial charge in [-0.25, -0.2) is 0 Å². The Morgan fingerprint density at radius 1 is 1.07 bits per heavy atom. The molecule has 1 N–H and O–H groups in total. The zero-order chi connectivity index (χ0) is 10.9. The van der Waals surface area contributed by atoms with Gasteiger partial charge in [-0.1, -0.05) is 50.1 Å². The fourth-order valence-electron chi connectivity index (χ4n) is 1.88. The van der Waals surface area contributed by atoms with Crippen molar-refractivity contribution in [2.45, 2.75) is 38.5 Å². The van der Waals surface area contributed by atoms with Gasteiger partial charge in [0.25, 0.3) is 0 Å². The van der Waals surface area contributed by atoms with E-state index in [9.17, 15) is 0 Å². The van der Waals surface area contributed by atoms with Crippen LogP contribution in [0.4, 0.5) is 0 Å². The van der Waals surface area contributed by atoms with Crippen LogP contribution in [0, 0.1) is 0 Å². The molecule has 1 rings (SSSR count). The first-order chi connectivity index (χ1) is 7.34. The summed E-state index contributed by atoms with van der Waals surface area (Å²) in [7, 11) is 2.02. The van der Waals surface area contributed by atoms with Gasteiger partial charge in [0.1, 0.15) is 0 Å². The van der Waals surface area contributed by atoms with Crippen molar-refractivity contribution in [3.63, 3.8) is 0 Å². The van der Waals surface area contributed by atoms with Gasteiger partial charge in [0.05, 0.1) is 0 Å². The second-order valence-corrected chi connectivity index (χ2v) is 4.26. The first-order valence-corrected chi connectivity index (χ1v) is 6.04. The van der Waals surface area contributed by atoms with E-state index in [4.69, 9.17) is 0 Å². The van der Waals surface area contributed by atoms with E-state index in [1.54, 1.807) is 0 Å². The van der Waals surface area contributed by atoms with Crippen molar-refractivity contribution in [1.29, 1.82) is 0 Å². The largest absolute Gasteiger partial charge is 0.320 e. The van der Waals surface area contributed by atoms with Crippen LogP contribution in [0.3, 0.4) is 0 Å². The second-order valence-electron chi connectivity index (χ2n) is 4.26. The van der Waals surface area contributed by atoms with Gasteiger partial charge in [-0.15, -0.1) is 0 Å². The van der Waals surface area contributed by atoms with E-state index in [0.29, 0.717) is 5.92 Å². The lowest BCUT2D eigenvalue weighted by Gasteiger charge is -2.11. The van der Waals surface area contributed by atoms with Crippen molar-refractivity contribution in [2.75, 3.05) is 13.6 Å². The molecule has 84 valence electrons. The van der Waals surface area contributed by atoms with Gasteiger partial charge < -0.3 is 5.32 Å². The Hall–Kier alpha value is -0.820. The summed E-state index contributed by atoms with van der Waals surface area (Å²) in [5.74, 6) is 0.709. The molecule has 0 heterocycles. The Kier molecular flexibility index (Phi) is 6.10. The summed E-state index contributed by atoms with van der Waals surface area (Å²) in [6, 6.07) is 10.8. The van der Waals surface area contributed by atoms with E-state index in [1.165, 1.54) is 31.2 Å². The molecule has 0 spiro atoms. The van der Waals surface area contributed by atoms with Crippen molar-refractivity contribution in [1.82, 2.24) is 5.32 Å². The fraction of sp³-hybridized carbons (Fsp3) is 0.571. The highest BCUT2D eigenvalue weighted by atomic mass is 14.8. The standard InChI is InChI=1S/C14H23N/c1-13(9-5-4-8-12-15-2)14-10-6-3-7-11-14/h3,6-7,10-11,13,15H,4-5,8-9,12H2,1-2H3. The lowest BCUT2D eigenvalue weighted by atomic mass is 9.95. The average Bonchev–Trinajstić information content (AvgIpc) is 2.30. The zero-order valence-corrected chi connectivity index (χ0v) is 10.00. The maximum absolute atomic E-state index is 3.19. The molecule has 0 fully saturated rings. The van der Waals surface area contributed by atoms with E-state index >= 15 is 0 Å². The number of unbranched alkanes of at least 4 members (excludes halogenated alkanes) is 2. The molecule has 15 heavy (non-hydrogen) atoms. The minimum absolute atomic E-state index is 0.709. The van der Waals surface area contributed by atoms with E-state index in [0.717, 1.165) is 6.54 Å². The topological polar surface area (TPSA) is 12.0 Å². The molecule has 1 heteroatoms. The molecule has 0 radical (unpaired) electrons. The molecule has 1 aromatic carbocycles. The monoisotopic (exact) mass is 205 g/mol. The van der Waals surface area contributed by atoms with Crippen molar-refractivity contribution in [2.24, 2.45) is 0 Å². The highest BCUT2D eigenvalue weighted by Crippen LogP contribution is 2.21. The zero-order valence-electron chi connectivity index (χ0n) is 10.00. The summed E-state index contributed by atoms with van der Waals surface area (Å²) in [5, 5.41) is 3.19. The highest BCUT2D eigenvalue weighted by Gasteiger charge is 2.03. The quantitative estimate of drug-likeness (QED) is 0.671. The smallest absolute Gasteiger partial charge is 0.00519 e. The lowest BCUT2D eigenvalue weighted by Crippen LogP contribution is -2.07. The summed E-state index contributed by atoms with van der Waals surface area (Å²) < 4.78 is 0. The minimum atomic E-state index is 0.709. The van der Waals surface area contributed by atoms with Gasteiger partial charge in [0, 0.05) is 0 Å². The summed E-state index contributed by atoms with van der Waals surface area (Å²) in [4.78, 5) is 0. The summed E-state index contributed by atoms with van der Waals surface area (Å²) in [5.41, 5.74) is 1.48. The molecule has 1 atom stereocenters. The molecule has 0 bridgehead atoms. The Morgan fingerprint density at radius 2 is 1.80 bits per heavy atom. The first kappa shape index (κ1) is 12.3. The van der Waals surface area contributed by atoms with E-state index < -0.39 is 0 Å². The SMILES string of the molecule is CNCCCCCC(C)c1ccccc1. The number of hydrogen-bond acceptors (Lipinski definition) is 1. The van der Waals surface area contributed by atoms with Crippen LogP contribution in [-0.2, 0) is 0 Å². The van der Waals surface area contributed by atoms with Gasteiger partial charge in [-0.3, -0.25) is 0 Å². The number of nitrogens with one attached hydrogen (secondary N) is 1. The lowest BCUT2D eigenvalue weighted by molar-refractivity contribution is 0.573. The maximum Gasteiger partial charge on any atom is -0.00519 e. The fourth-order valence-corrected chi connectivity index (χ4v) is 1.88. The molecule has 1 unspecified atom stereocenters. The van der Waals surface area contributed by atoms with Crippen molar-refractivity contribution >= 4 is 0 Å². The Balaban J connectivity index is 2.16. The van der Waals surface area contributed by atoms with Crippen LogP contribution in [0.25, 0.3) is 0 Å². The Morgan fingerprint density at radius 3 is 2.47 bits per heavy atom. The molecule has 1 aromatic rings. The van der Waals surface area contributed by atoms with Crippen molar-refractivity contribution in [3.8, 4) is 0 Å². The third-order valence-electron chi connectivity index (χ3n) is 2.93. The highest BCUT2D eigenvalue weighted by molar-refractivity contribution is 5.18. The van der Waals surface area contributed by atoms with Crippen LogP contribution in [0.15, 0.2) is 30.3 Å². The Labute approximate surface area is 93.9 Å². The molecular weight excluding hydrogens is 182 g/mol. The number of rotatable bonds is 7. The van der Waals surface area contributed by atoms with E-state index in [-0.39, 0.29) is 0 Å². The van der Waals surface area contributed by atoms with Crippen LogP contribution in [0.5, 0.6) is 0 Å². The van der Waals surface area contributed by atoms with Gasteiger partial charge >= 0.3 is 0 Å². The minimum Gasteiger partial charge on any atom is -0.320 e. The van der Waals surface area contributed by atoms with Gasteiger partial charge in [0.2, 0.25) is 0 Å². The molecular formula is C14H23N. The van der Waals surface area contributed by atoms with E-state index in [1.807, 2.05) is 7.05 Å². The Bertz CT molecular complexity index is 243. The summed E-state index contributed by atoms with van der Waals surface area (Å²) >= 11 is 0. The summed E-state index contributed by atoms with van der Waals surface area (Å²) in [6.07, 6.45) is 5.31. The number of hydrogen-bond donors (Lipinski definition) is 1. The molecule has 1 nitrogen and oxygen atoms in total. The molecule has 0 saturated carbocycles. The molecule has 0 aromatic heterocycles. The van der Waals surface area contributed by atoms with Crippen LogP contribution in [0.1, 0.15) is 44.1 Å². The predicted octanol–water partition coefficient (Wildman–Crippen LogP) is 3.57. The van der Waals surface area contributed by atoms with E-state index in [2.05, 4.69) is 42.6 Å². The third kappa shape index (κ3) is 4.98. The summed E-state index contributed by atoms with van der Waals surface area (Å²) in [6.45, 7) is 3.48. The molecule has 0 aliphatic heterocycles. The average molecular weight is 205 g/mol. The van der Waals surface area contributed by atoms with Crippen molar-refractivity contribution < 1.29 is 0 Å². The van der Waals surface area contributed by atoms with Gasteiger partial charge in [-0.05, 0) is 37.9 Å². The van der Waals surface area contributed by atoms with Crippen LogP contribution in [0.2, 0.25) is 0 Å². The predicted molar refractivity (Wildman–Crippen MR) is 67.3 cm³/mol. The molecule has 0 aliphatic rings. The maximum atomic E-state index is 3.19.